The molecule has 0 atom stereocenters. The summed E-state index contributed by atoms with van der Waals surface area (Å²) >= 11 is 1.48. The number of hydrogen-bond acceptors (Lipinski definition) is 4. The first kappa shape index (κ1) is 18.9. The summed E-state index contributed by atoms with van der Waals surface area (Å²) in [6, 6.07) is 6.09. The summed E-state index contributed by atoms with van der Waals surface area (Å²) in [5.41, 5.74) is 4.29. The molecule has 4 nitrogen and oxygen atoms in total. The number of amides is 1. The van der Waals surface area contributed by atoms with Crippen LogP contribution in [0.5, 0.6) is 0 Å². The third kappa shape index (κ3) is 3.78. The zero-order valence-electron chi connectivity index (χ0n) is 14.8. The maximum atomic E-state index is 12.7. The minimum Gasteiger partial charge on any atom is -0.323 e. The number of aliphatic imine (C=N–C) groups is 1. The number of carbonyl (C=O) groups is 1. The van der Waals surface area contributed by atoms with E-state index >= 15 is 0 Å². The van der Waals surface area contributed by atoms with E-state index in [1.165, 1.54) is 11.8 Å². The molecule has 0 radical (unpaired) electrons. The molecular formula is C18H24ClN3OS. The predicted octanol–water partition coefficient (Wildman–Crippen LogP) is 4.34. The summed E-state index contributed by atoms with van der Waals surface area (Å²) in [7, 11) is 0. The lowest BCUT2D eigenvalue weighted by Crippen LogP contribution is -2.40. The number of nitrogens with one attached hydrogen (secondary N) is 1. The molecule has 0 unspecified atom stereocenters. The van der Waals surface area contributed by atoms with Crippen LogP contribution in [-0.4, -0.2) is 29.1 Å². The van der Waals surface area contributed by atoms with Gasteiger partial charge in [0, 0.05) is 29.9 Å². The molecule has 24 heavy (non-hydrogen) atoms. The lowest BCUT2D eigenvalue weighted by atomic mass is 9.92. The zero-order valence-corrected chi connectivity index (χ0v) is 16.4. The Hall–Kier alpha value is -1.46. The van der Waals surface area contributed by atoms with Gasteiger partial charge in [0.15, 0.2) is 5.17 Å². The van der Waals surface area contributed by atoms with Crippen LogP contribution in [0, 0.1) is 19.3 Å². The third-order valence-electron chi connectivity index (χ3n) is 4.07. The van der Waals surface area contributed by atoms with Gasteiger partial charge in [0.1, 0.15) is 0 Å². The number of aryl methyl sites for hydroxylation is 2. The van der Waals surface area contributed by atoms with Crippen molar-refractivity contribution >= 4 is 40.9 Å². The van der Waals surface area contributed by atoms with Gasteiger partial charge in [0.2, 0.25) is 0 Å². The summed E-state index contributed by atoms with van der Waals surface area (Å²) in [5, 5.41) is 3.98. The summed E-state index contributed by atoms with van der Waals surface area (Å²) in [6.07, 6.45) is 0. The molecule has 0 aliphatic carbocycles. The zero-order chi connectivity index (χ0) is 16.8. The van der Waals surface area contributed by atoms with Gasteiger partial charge >= 0.3 is 0 Å². The highest BCUT2D eigenvalue weighted by atomic mass is 35.5. The average molecular weight is 366 g/mol. The summed E-state index contributed by atoms with van der Waals surface area (Å²) < 4.78 is 0. The molecular weight excluding hydrogens is 342 g/mol. The molecule has 0 spiro atoms. The molecule has 1 amide bonds. The van der Waals surface area contributed by atoms with Crippen LogP contribution in [0.4, 0.5) is 5.69 Å². The fourth-order valence-electron chi connectivity index (χ4n) is 3.00. The van der Waals surface area contributed by atoms with Crippen LogP contribution in [0.15, 0.2) is 33.8 Å². The van der Waals surface area contributed by atoms with Crippen LogP contribution >= 0.6 is 24.2 Å². The second-order valence-electron chi connectivity index (χ2n) is 7.20. The van der Waals surface area contributed by atoms with Gasteiger partial charge in [-0.1, -0.05) is 19.9 Å². The largest absolute Gasteiger partial charge is 0.323 e. The first-order valence-corrected chi connectivity index (χ1v) is 8.67. The molecule has 1 aromatic rings. The third-order valence-corrected chi connectivity index (χ3v) is 5.29. The Morgan fingerprint density at radius 3 is 2.46 bits per heavy atom. The van der Waals surface area contributed by atoms with Gasteiger partial charge < -0.3 is 10.2 Å². The standard InChI is InChI=1S/C18H23N3OS.ClH/c1-11-6-12(2)8-14(7-11)20-16(22)15-13(3)21-10-18(4,5)9-19-17(21)23-15;/h6-8H,9-10H2,1-5H3,(H,20,22);1H. The van der Waals surface area contributed by atoms with Gasteiger partial charge in [-0.25, -0.2) is 0 Å². The number of allylic oxidation sites excluding steroid dienone is 1. The summed E-state index contributed by atoms with van der Waals surface area (Å²) in [4.78, 5) is 20.2. The van der Waals surface area contributed by atoms with E-state index in [1.54, 1.807) is 0 Å². The van der Waals surface area contributed by atoms with Gasteiger partial charge in [-0.2, -0.15) is 0 Å². The number of fused-ring (bicyclic) bond motifs is 1. The lowest BCUT2D eigenvalue weighted by molar-refractivity contribution is -0.112. The SMILES string of the molecule is CC1=C(C(=O)Nc2cc(C)cc(C)c2)SC2=NCC(C)(C)CN21.Cl. The Balaban J connectivity index is 0.00000208. The fraction of sp³-hybridized carbons (Fsp3) is 0.444. The molecule has 0 aromatic heterocycles. The van der Waals surface area contributed by atoms with E-state index in [2.05, 4.69) is 35.1 Å². The number of benzene rings is 1. The van der Waals surface area contributed by atoms with Crippen LogP contribution in [0.25, 0.3) is 0 Å². The topological polar surface area (TPSA) is 44.7 Å². The predicted molar refractivity (Wildman–Crippen MR) is 105 cm³/mol. The number of carbonyl (C=O) groups excluding carboxylic acids is 1. The first-order valence-electron chi connectivity index (χ1n) is 7.85. The van der Waals surface area contributed by atoms with Crippen molar-refractivity contribution < 1.29 is 4.79 Å². The van der Waals surface area contributed by atoms with Crippen molar-refractivity contribution in [3.63, 3.8) is 0 Å². The normalized spacial score (nSPS) is 18.7. The van der Waals surface area contributed by atoms with E-state index in [0.29, 0.717) is 0 Å². The molecule has 0 saturated heterocycles. The van der Waals surface area contributed by atoms with Gasteiger partial charge in [0.05, 0.1) is 4.91 Å². The Morgan fingerprint density at radius 2 is 1.83 bits per heavy atom. The number of hydrogen-bond donors (Lipinski definition) is 1. The molecule has 0 bridgehead atoms. The fourth-order valence-corrected chi connectivity index (χ4v) is 4.02. The maximum Gasteiger partial charge on any atom is 0.264 e. The number of amidine groups is 1. The maximum absolute atomic E-state index is 12.7. The first-order chi connectivity index (χ1) is 10.7. The van der Waals surface area contributed by atoms with Gasteiger partial charge in [-0.15, -0.1) is 12.4 Å². The Kier molecular flexibility index (Phi) is 5.35. The molecule has 130 valence electrons. The second-order valence-corrected chi connectivity index (χ2v) is 8.17. The second kappa shape index (κ2) is 6.81. The van der Waals surface area contributed by atoms with Crippen LogP contribution in [-0.2, 0) is 4.79 Å². The minimum absolute atomic E-state index is 0. The molecule has 2 heterocycles. The van der Waals surface area contributed by atoms with Crippen LogP contribution in [0.1, 0.15) is 31.9 Å². The molecule has 1 aromatic carbocycles. The lowest BCUT2D eigenvalue weighted by Gasteiger charge is -2.35. The van der Waals surface area contributed by atoms with E-state index in [9.17, 15) is 4.79 Å². The summed E-state index contributed by atoms with van der Waals surface area (Å²) in [5.74, 6) is -0.0487. The minimum atomic E-state index is -0.0487. The van der Waals surface area contributed by atoms with E-state index < -0.39 is 0 Å². The monoisotopic (exact) mass is 365 g/mol. The number of halogens is 1. The molecule has 0 saturated carbocycles. The quantitative estimate of drug-likeness (QED) is 0.847. The number of nitrogens with zero attached hydrogens (tertiary/aromatic N) is 2. The average Bonchev–Trinajstić information content (AvgIpc) is 2.73. The Bertz CT molecular complexity index is 720. The highest BCUT2D eigenvalue weighted by Crippen LogP contribution is 2.39. The molecule has 1 N–H and O–H groups in total. The number of rotatable bonds is 2. The molecule has 2 aliphatic heterocycles. The van der Waals surface area contributed by atoms with Crippen molar-refractivity contribution in [2.45, 2.75) is 34.6 Å². The smallest absolute Gasteiger partial charge is 0.264 e. The Labute approximate surface area is 154 Å². The summed E-state index contributed by atoms with van der Waals surface area (Å²) in [6.45, 7) is 12.2. The van der Waals surface area contributed by atoms with Gasteiger partial charge in [-0.3, -0.25) is 9.79 Å². The van der Waals surface area contributed by atoms with Crippen molar-refractivity contribution in [3.8, 4) is 0 Å². The van der Waals surface area contributed by atoms with Crippen LogP contribution < -0.4 is 5.32 Å². The van der Waals surface area contributed by atoms with Crippen molar-refractivity contribution in [1.29, 1.82) is 0 Å². The molecule has 6 heteroatoms. The molecule has 2 aliphatic rings. The van der Waals surface area contributed by atoms with E-state index in [4.69, 9.17) is 0 Å². The number of anilines is 1. The van der Waals surface area contributed by atoms with Crippen molar-refractivity contribution in [3.05, 3.63) is 39.9 Å². The van der Waals surface area contributed by atoms with E-state index in [0.717, 1.165) is 45.7 Å². The van der Waals surface area contributed by atoms with Crippen molar-refractivity contribution in [2.75, 3.05) is 18.4 Å². The van der Waals surface area contributed by atoms with Crippen molar-refractivity contribution in [1.82, 2.24) is 4.90 Å². The molecule has 0 fully saturated rings. The number of thioether (sulfide) groups is 1. The van der Waals surface area contributed by atoms with E-state index in [-0.39, 0.29) is 23.7 Å². The van der Waals surface area contributed by atoms with Crippen LogP contribution in [0.3, 0.4) is 0 Å². The van der Waals surface area contributed by atoms with Gasteiger partial charge in [0.25, 0.3) is 5.91 Å². The van der Waals surface area contributed by atoms with Gasteiger partial charge in [-0.05, 0) is 55.8 Å². The van der Waals surface area contributed by atoms with Crippen molar-refractivity contribution in [2.24, 2.45) is 10.4 Å². The van der Waals surface area contributed by atoms with Crippen LogP contribution in [0.2, 0.25) is 0 Å². The Morgan fingerprint density at radius 1 is 1.21 bits per heavy atom. The van der Waals surface area contributed by atoms with E-state index in [1.807, 2.05) is 32.9 Å². The molecule has 3 rings (SSSR count). The highest BCUT2D eigenvalue weighted by molar-refractivity contribution is 8.18. The highest BCUT2D eigenvalue weighted by Gasteiger charge is 2.37.